The highest BCUT2D eigenvalue weighted by molar-refractivity contribution is 7.16. The summed E-state index contributed by atoms with van der Waals surface area (Å²) in [6.45, 7) is 4.10. The van der Waals surface area contributed by atoms with Crippen LogP contribution in [0.1, 0.15) is 30.6 Å². The van der Waals surface area contributed by atoms with Gasteiger partial charge in [0.15, 0.2) is 6.10 Å². The van der Waals surface area contributed by atoms with Gasteiger partial charge in [-0.05, 0) is 31.5 Å². The molecule has 0 aliphatic rings. The number of fused-ring (bicyclic) bond motifs is 1. The van der Waals surface area contributed by atoms with Gasteiger partial charge in [-0.2, -0.15) is 0 Å². The van der Waals surface area contributed by atoms with Gasteiger partial charge in [-0.25, -0.2) is 9.78 Å². The number of carbonyl (C=O) groups excluding carboxylic acids is 2. The number of ether oxygens (including phenoxy) is 1. The third-order valence-electron chi connectivity index (χ3n) is 2.77. The molecule has 20 heavy (non-hydrogen) atoms. The van der Waals surface area contributed by atoms with Crippen LogP contribution in [0.15, 0.2) is 23.7 Å². The second-order valence-corrected chi connectivity index (χ2v) is 5.26. The van der Waals surface area contributed by atoms with Crippen molar-refractivity contribution in [3.63, 3.8) is 0 Å². The standard InChI is InChI=1S/C14H16N2O3S/c1-3-6-15-13(17)9(2)19-14(18)10-4-5-11-12(7-10)20-8-16-11/h4-5,7-9H,3,6H2,1-2H3,(H,15,17). The molecule has 2 aromatic rings. The Balaban J connectivity index is 2.01. The third kappa shape index (κ3) is 3.33. The van der Waals surface area contributed by atoms with Gasteiger partial charge in [0.25, 0.3) is 5.91 Å². The van der Waals surface area contributed by atoms with Crippen molar-refractivity contribution >= 4 is 33.4 Å². The molecular weight excluding hydrogens is 276 g/mol. The molecule has 0 aliphatic carbocycles. The molecule has 1 aromatic carbocycles. The molecule has 1 atom stereocenters. The predicted molar refractivity (Wildman–Crippen MR) is 77.8 cm³/mol. The van der Waals surface area contributed by atoms with Crippen LogP contribution in [0.3, 0.4) is 0 Å². The van der Waals surface area contributed by atoms with Crippen LogP contribution in [0, 0.1) is 0 Å². The van der Waals surface area contributed by atoms with E-state index < -0.39 is 12.1 Å². The molecule has 0 radical (unpaired) electrons. The second-order valence-electron chi connectivity index (χ2n) is 4.37. The van der Waals surface area contributed by atoms with E-state index in [1.165, 1.54) is 11.3 Å². The minimum atomic E-state index is -0.800. The highest BCUT2D eigenvalue weighted by Gasteiger charge is 2.18. The maximum absolute atomic E-state index is 12.0. The van der Waals surface area contributed by atoms with Gasteiger partial charge in [0.1, 0.15) is 0 Å². The fraction of sp³-hybridized carbons (Fsp3) is 0.357. The molecule has 0 saturated heterocycles. The Morgan fingerprint density at radius 3 is 3.00 bits per heavy atom. The lowest BCUT2D eigenvalue weighted by Gasteiger charge is -2.13. The average Bonchev–Trinajstić information content (AvgIpc) is 2.91. The van der Waals surface area contributed by atoms with Gasteiger partial charge in [-0.15, -0.1) is 11.3 Å². The van der Waals surface area contributed by atoms with Crippen molar-refractivity contribution in [3.05, 3.63) is 29.3 Å². The average molecular weight is 292 g/mol. The zero-order valence-electron chi connectivity index (χ0n) is 11.4. The minimum absolute atomic E-state index is 0.279. The monoisotopic (exact) mass is 292 g/mol. The van der Waals surface area contributed by atoms with Crippen LogP contribution in [0.4, 0.5) is 0 Å². The summed E-state index contributed by atoms with van der Waals surface area (Å²) in [5.41, 5.74) is 3.00. The molecule has 1 aromatic heterocycles. The predicted octanol–water partition coefficient (Wildman–Crippen LogP) is 2.37. The molecule has 0 saturated carbocycles. The van der Waals surface area contributed by atoms with E-state index in [9.17, 15) is 9.59 Å². The van der Waals surface area contributed by atoms with E-state index in [-0.39, 0.29) is 5.91 Å². The Morgan fingerprint density at radius 1 is 1.45 bits per heavy atom. The van der Waals surface area contributed by atoms with Crippen molar-refractivity contribution in [2.45, 2.75) is 26.4 Å². The molecule has 1 heterocycles. The van der Waals surface area contributed by atoms with Crippen molar-refractivity contribution < 1.29 is 14.3 Å². The number of benzene rings is 1. The Kier molecular flexibility index (Phi) is 4.68. The summed E-state index contributed by atoms with van der Waals surface area (Å²) in [5, 5.41) is 2.69. The Morgan fingerprint density at radius 2 is 2.25 bits per heavy atom. The number of nitrogens with one attached hydrogen (secondary N) is 1. The molecule has 0 spiro atoms. The quantitative estimate of drug-likeness (QED) is 0.859. The molecule has 2 rings (SSSR count). The number of rotatable bonds is 5. The van der Waals surface area contributed by atoms with E-state index in [4.69, 9.17) is 4.74 Å². The van der Waals surface area contributed by atoms with Gasteiger partial charge in [0.05, 0.1) is 21.3 Å². The number of amides is 1. The van der Waals surface area contributed by atoms with Gasteiger partial charge in [-0.3, -0.25) is 4.79 Å². The summed E-state index contributed by atoms with van der Waals surface area (Å²) < 4.78 is 6.07. The molecule has 1 unspecified atom stereocenters. The molecule has 5 nitrogen and oxygen atoms in total. The maximum atomic E-state index is 12.0. The van der Waals surface area contributed by atoms with Crippen LogP contribution >= 0.6 is 11.3 Å². The van der Waals surface area contributed by atoms with Crippen molar-refractivity contribution in [2.24, 2.45) is 0 Å². The van der Waals surface area contributed by atoms with Gasteiger partial charge in [0.2, 0.25) is 0 Å². The molecule has 0 bridgehead atoms. The van der Waals surface area contributed by atoms with Crippen molar-refractivity contribution in [1.82, 2.24) is 10.3 Å². The smallest absolute Gasteiger partial charge is 0.338 e. The molecular formula is C14H16N2O3S. The summed E-state index contributed by atoms with van der Waals surface area (Å²) in [5.74, 6) is -0.779. The SMILES string of the molecule is CCCNC(=O)C(C)OC(=O)c1ccc2ncsc2c1. The largest absolute Gasteiger partial charge is 0.449 e. The van der Waals surface area contributed by atoms with Gasteiger partial charge in [0, 0.05) is 6.54 Å². The van der Waals surface area contributed by atoms with E-state index in [0.29, 0.717) is 12.1 Å². The first-order valence-corrected chi connectivity index (χ1v) is 7.31. The maximum Gasteiger partial charge on any atom is 0.338 e. The molecule has 6 heteroatoms. The van der Waals surface area contributed by atoms with Crippen LogP contribution in [-0.4, -0.2) is 29.5 Å². The Labute approximate surface area is 121 Å². The lowest BCUT2D eigenvalue weighted by molar-refractivity contribution is -0.129. The number of hydrogen-bond acceptors (Lipinski definition) is 5. The third-order valence-corrected chi connectivity index (χ3v) is 3.56. The second kappa shape index (κ2) is 6.47. The molecule has 106 valence electrons. The fourth-order valence-corrected chi connectivity index (χ4v) is 2.37. The molecule has 1 amide bonds. The van der Waals surface area contributed by atoms with Crippen LogP contribution < -0.4 is 5.32 Å². The number of thiazole rings is 1. The summed E-state index contributed by atoms with van der Waals surface area (Å²) in [6, 6.07) is 5.15. The topological polar surface area (TPSA) is 68.3 Å². The number of aromatic nitrogens is 1. The van der Waals surface area contributed by atoms with E-state index in [1.807, 2.05) is 6.92 Å². The van der Waals surface area contributed by atoms with Crippen LogP contribution in [0.25, 0.3) is 10.2 Å². The van der Waals surface area contributed by atoms with Crippen LogP contribution in [0.2, 0.25) is 0 Å². The van der Waals surface area contributed by atoms with Crippen molar-refractivity contribution in [2.75, 3.05) is 6.54 Å². The first-order chi connectivity index (χ1) is 9.61. The van der Waals surface area contributed by atoms with E-state index in [0.717, 1.165) is 16.6 Å². The Hall–Kier alpha value is -1.95. The zero-order valence-corrected chi connectivity index (χ0v) is 12.2. The Bertz CT molecular complexity index is 624. The number of nitrogens with zero attached hydrogens (tertiary/aromatic N) is 1. The summed E-state index contributed by atoms with van der Waals surface area (Å²) in [7, 11) is 0. The van der Waals surface area contributed by atoms with E-state index in [2.05, 4.69) is 10.3 Å². The number of hydrogen-bond donors (Lipinski definition) is 1. The van der Waals surface area contributed by atoms with Gasteiger partial charge >= 0.3 is 5.97 Å². The minimum Gasteiger partial charge on any atom is -0.449 e. The lowest BCUT2D eigenvalue weighted by Crippen LogP contribution is -2.36. The van der Waals surface area contributed by atoms with Crippen LogP contribution in [0.5, 0.6) is 0 Å². The van der Waals surface area contributed by atoms with Gasteiger partial charge in [-0.1, -0.05) is 6.92 Å². The van der Waals surface area contributed by atoms with Crippen molar-refractivity contribution in [1.29, 1.82) is 0 Å². The lowest BCUT2D eigenvalue weighted by atomic mass is 10.2. The van der Waals surface area contributed by atoms with E-state index >= 15 is 0 Å². The summed E-state index contributed by atoms with van der Waals surface area (Å²) in [6.07, 6.45) is 0.0419. The molecule has 1 N–H and O–H groups in total. The number of esters is 1. The zero-order chi connectivity index (χ0) is 14.5. The summed E-state index contributed by atoms with van der Waals surface area (Å²) >= 11 is 1.46. The number of carbonyl (C=O) groups is 2. The fourth-order valence-electron chi connectivity index (χ4n) is 1.66. The van der Waals surface area contributed by atoms with Crippen molar-refractivity contribution in [3.8, 4) is 0 Å². The van der Waals surface area contributed by atoms with Crippen LogP contribution in [-0.2, 0) is 9.53 Å². The highest BCUT2D eigenvalue weighted by atomic mass is 32.1. The van der Waals surface area contributed by atoms with E-state index in [1.54, 1.807) is 30.6 Å². The normalized spacial score (nSPS) is 12.1. The molecule has 0 aliphatic heterocycles. The summed E-state index contributed by atoms with van der Waals surface area (Å²) in [4.78, 5) is 27.8. The molecule has 0 fully saturated rings. The first kappa shape index (κ1) is 14.5. The van der Waals surface area contributed by atoms with Gasteiger partial charge < -0.3 is 10.1 Å². The first-order valence-electron chi connectivity index (χ1n) is 6.43. The highest BCUT2D eigenvalue weighted by Crippen LogP contribution is 2.19.